The molecule has 1 aliphatic rings. The third-order valence-corrected chi connectivity index (χ3v) is 4.81. The van der Waals surface area contributed by atoms with Gasteiger partial charge in [0.05, 0.1) is 0 Å². The Balaban J connectivity index is 1.91. The molecule has 18 heavy (non-hydrogen) atoms. The first kappa shape index (κ1) is 14.0. The van der Waals surface area contributed by atoms with Gasteiger partial charge in [0.1, 0.15) is 0 Å². The average molecular weight is 313 g/mol. The highest BCUT2D eigenvalue weighted by atomic mass is 79.9. The number of aromatic nitrogens is 1. The summed E-state index contributed by atoms with van der Waals surface area (Å²) in [7, 11) is 2.19. The quantitative estimate of drug-likeness (QED) is 0.782. The Morgan fingerprint density at radius 2 is 2.22 bits per heavy atom. The maximum absolute atomic E-state index is 5.48. The summed E-state index contributed by atoms with van der Waals surface area (Å²) in [5.74, 6) is 0. The van der Waals surface area contributed by atoms with Crippen molar-refractivity contribution >= 4 is 15.9 Å². The minimum absolute atomic E-state index is 0.370. The van der Waals surface area contributed by atoms with Crippen molar-refractivity contribution in [3.05, 3.63) is 30.1 Å². The zero-order chi connectivity index (χ0) is 12.8. The fraction of sp³-hybridized carbons (Fsp3) is 0.643. The van der Waals surface area contributed by atoms with Crippen LogP contribution in [-0.4, -0.2) is 42.0 Å². The SMILES string of the molecule is CN(Cc1cccnc1)CC1(CBr)CCOCC1. The fourth-order valence-electron chi connectivity index (χ4n) is 2.57. The Morgan fingerprint density at radius 3 is 2.83 bits per heavy atom. The van der Waals surface area contributed by atoms with Crippen LogP contribution in [0.5, 0.6) is 0 Å². The van der Waals surface area contributed by atoms with Crippen molar-refractivity contribution in [2.24, 2.45) is 5.41 Å². The molecule has 0 atom stereocenters. The van der Waals surface area contributed by atoms with Crippen molar-refractivity contribution in [2.45, 2.75) is 19.4 Å². The molecule has 0 unspecified atom stereocenters. The highest BCUT2D eigenvalue weighted by molar-refractivity contribution is 9.09. The lowest BCUT2D eigenvalue weighted by Gasteiger charge is -2.38. The van der Waals surface area contributed by atoms with Crippen molar-refractivity contribution in [3.63, 3.8) is 0 Å². The molecular formula is C14H21BrN2O. The summed E-state index contributed by atoms with van der Waals surface area (Å²) in [6.07, 6.45) is 6.06. The van der Waals surface area contributed by atoms with E-state index in [0.29, 0.717) is 5.41 Å². The fourth-order valence-corrected chi connectivity index (χ4v) is 3.31. The van der Waals surface area contributed by atoms with E-state index in [2.05, 4.69) is 38.9 Å². The Labute approximate surface area is 118 Å². The first-order chi connectivity index (χ1) is 8.74. The Bertz CT molecular complexity index is 352. The van der Waals surface area contributed by atoms with Gasteiger partial charge in [0.15, 0.2) is 0 Å². The summed E-state index contributed by atoms with van der Waals surface area (Å²) < 4.78 is 5.48. The predicted molar refractivity (Wildman–Crippen MR) is 76.9 cm³/mol. The van der Waals surface area contributed by atoms with Crippen molar-refractivity contribution < 1.29 is 4.74 Å². The molecule has 1 fully saturated rings. The first-order valence-corrected chi connectivity index (χ1v) is 7.57. The second-order valence-corrected chi connectivity index (χ2v) is 5.84. The number of hydrogen-bond donors (Lipinski definition) is 0. The highest BCUT2D eigenvalue weighted by Crippen LogP contribution is 2.33. The summed E-state index contributed by atoms with van der Waals surface area (Å²) in [4.78, 5) is 6.56. The monoisotopic (exact) mass is 312 g/mol. The van der Waals surface area contributed by atoms with Crippen molar-refractivity contribution in [1.29, 1.82) is 0 Å². The topological polar surface area (TPSA) is 25.4 Å². The van der Waals surface area contributed by atoms with Gasteiger partial charge in [0, 0.05) is 44.0 Å². The van der Waals surface area contributed by atoms with E-state index in [-0.39, 0.29) is 0 Å². The molecule has 2 rings (SSSR count). The summed E-state index contributed by atoms with van der Waals surface area (Å²) >= 11 is 3.69. The van der Waals surface area contributed by atoms with Crippen LogP contribution < -0.4 is 0 Å². The molecule has 0 N–H and O–H groups in total. The summed E-state index contributed by atoms with van der Waals surface area (Å²) in [5.41, 5.74) is 1.65. The lowest BCUT2D eigenvalue weighted by Crippen LogP contribution is -2.41. The van der Waals surface area contributed by atoms with Gasteiger partial charge in [-0.1, -0.05) is 22.0 Å². The number of ether oxygens (including phenoxy) is 1. The first-order valence-electron chi connectivity index (χ1n) is 6.45. The molecule has 4 heteroatoms. The highest BCUT2D eigenvalue weighted by Gasteiger charge is 2.32. The third-order valence-electron chi connectivity index (χ3n) is 3.62. The van der Waals surface area contributed by atoms with Gasteiger partial charge in [-0.15, -0.1) is 0 Å². The zero-order valence-corrected chi connectivity index (χ0v) is 12.5. The van der Waals surface area contributed by atoms with Crippen LogP contribution in [0.1, 0.15) is 18.4 Å². The summed E-state index contributed by atoms with van der Waals surface area (Å²) in [6.45, 7) is 3.86. The Morgan fingerprint density at radius 1 is 1.44 bits per heavy atom. The van der Waals surface area contributed by atoms with Gasteiger partial charge >= 0.3 is 0 Å². The number of halogens is 1. The lowest BCUT2D eigenvalue weighted by molar-refractivity contribution is 0.0110. The molecule has 0 spiro atoms. The van der Waals surface area contributed by atoms with Gasteiger partial charge in [0.25, 0.3) is 0 Å². The number of alkyl halides is 1. The molecule has 1 aromatic rings. The maximum atomic E-state index is 5.48. The molecule has 1 aromatic heterocycles. The van der Waals surface area contributed by atoms with Gasteiger partial charge in [-0.3, -0.25) is 4.98 Å². The molecule has 1 saturated heterocycles. The van der Waals surface area contributed by atoms with E-state index in [1.54, 1.807) is 0 Å². The van der Waals surface area contributed by atoms with E-state index in [0.717, 1.165) is 44.5 Å². The van der Waals surface area contributed by atoms with Crippen LogP contribution in [0.2, 0.25) is 0 Å². The van der Waals surface area contributed by atoms with E-state index in [1.807, 2.05) is 18.5 Å². The van der Waals surface area contributed by atoms with Gasteiger partial charge in [-0.25, -0.2) is 0 Å². The maximum Gasteiger partial charge on any atom is 0.0472 e. The summed E-state index contributed by atoms with van der Waals surface area (Å²) in [5, 5.41) is 1.06. The molecular weight excluding hydrogens is 292 g/mol. The zero-order valence-electron chi connectivity index (χ0n) is 10.9. The Hall–Kier alpha value is -0.450. The van der Waals surface area contributed by atoms with Gasteiger partial charge < -0.3 is 9.64 Å². The molecule has 0 aliphatic carbocycles. The molecule has 0 amide bonds. The molecule has 100 valence electrons. The molecule has 0 radical (unpaired) electrons. The second kappa shape index (κ2) is 6.64. The third kappa shape index (κ3) is 3.77. The van der Waals surface area contributed by atoms with E-state index in [4.69, 9.17) is 4.74 Å². The predicted octanol–water partition coefficient (Wildman–Crippen LogP) is 2.71. The number of hydrogen-bond acceptors (Lipinski definition) is 3. The van der Waals surface area contributed by atoms with E-state index in [9.17, 15) is 0 Å². The van der Waals surface area contributed by atoms with Gasteiger partial charge in [-0.2, -0.15) is 0 Å². The molecule has 3 nitrogen and oxygen atoms in total. The minimum Gasteiger partial charge on any atom is -0.381 e. The average Bonchev–Trinajstić information content (AvgIpc) is 2.41. The largest absolute Gasteiger partial charge is 0.381 e. The number of nitrogens with zero attached hydrogens (tertiary/aromatic N) is 2. The normalized spacial score (nSPS) is 19.1. The number of rotatable bonds is 5. The van der Waals surface area contributed by atoms with Crippen LogP contribution >= 0.6 is 15.9 Å². The van der Waals surface area contributed by atoms with Crippen LogP contribution in [0.15, 0.2) is 24.5 Å². The molecule has 0 saturated carbocycles. The lowest BCUT2D eigenvalue weighted by atomic mass is 9.82. The summed E-state index contributed by atoms with van der Waals surface area (Å²) in [6, 6.07) is 4.13. The minimum atomic E-state index is 0.370. The van der Waals surface area contributed by atoms with Crippen LogP contribution in [-0.2, 0) is 11.3 Å². The van der Waals surface area contributed by atoms with Crippen molar-refractivity contribution in [1.82, 2.24) is 9.88 Å². The number of pyridine rings is 1. The van der Waals surface area contributed by atoms with Crippen LogP contribution in [0, 0.1) is 5.41 Å². The second-order valence-electron chi connectivity index (χ2n) is 5.28. The van der Waals surface area contributed by atoms with E-state index < -0.39 is 0 Å². The van der Waals surface area contributed by atoms with Gasteiger partial charge in [-0.05, 0) is 36.9 Å². The van der Waals surface area contributed by atoms with E-state index in [1.165, 1.54) is 5.56 Å². The molecule has 0 aromatic carbocycles. The molecule has 2 heterocycles. The van der Waals surface area contributed by atoms with E-state index >= 15 is 0 Å². The molecule has 1 aliphatic heterocycles. The standard InChI is InChI=1S/C14H21BrN2O/c1-17(10-13-3-2-6-16-9-13)12-14(11-15)4-7-18-8-5-14/h2-3,6,9H,4-5,7-8,10-12H2,1H3. The Kier molecular flexibility index (Phi) is 5.15. The van der Waals surface area contributed by atoms with Crippen LogP contribution in [0.25, 0.3) is 0 Å². The van der Waals surface area contributed by atoms with Crippen LogP contribution in [0.3, 0.4) is 0 Å². The van der Waals surface area contributed by atoms with Crippen molar-refractivity contribution in [2.75, 3.05) is 32.1 Å². The molecule has 0 bridgehead atoms. The van der Waals surface area contributed by atoms with Crippen molar-refractivity contribution in [3.8, 4) is 0 Å². The van der Waals surface area contributed by atoms with Crippen LogP contribution in [0.4, 0.5) is 0 Å². The van der Waals surface area contributed by atoms with Gasteiger partial charge in [0.2, 0.25) is 0 Å². The smallest absolute Gasteiger partial charge is 0.0472 e.